The second kappa shape index (κ2) is 13.0. The maximum Gasteiger partial charge on any atom is 0.328 e. The number of carbonyl (C=O) groups is 4. The summed E-state index contributed by atoms with van der Waals surface area (Å²) in [6.07, 6.45) is 10.0. The van der Waals surface area contributed by atoms with Crippen LogP contribution in [0.25, 0.3) is 0 Å². The Morgan fingerprint density at radius 3 is 2.48 bits per heavy atom. The molecule has 0 aromatic heterocycles. The first kappa shape index (κ1) is 28.4. The minimum Gasteiger partial charge on any atom is -0.495 e. The summed E-state index contributed by atoms with van der Waals surface area (Å²) in [5.41, 5.74) is 0.923. The molecule has 2 N–H and O–H groups in total. The van der Waals surface area contributed by atoms with Crippen molar-refractivity contribution >= 4 is 29.4 Å². The number of carbonyl (C=O) groups excluding carboxylic acids is 4. The Morgan fingerprint density at radius 2 is 1.75 bits per heavy atom. The zero-order valence-corrected chi connectivity index (χ0v) is 23.7. The summed E-state index contributed by atoms with van der Waals surface area (Å²) in [4.78, 5) is 56.2. The number of methoxy groups -OCH3 is 1. The quantitative estimate of drug-likeness (QED) is 0.537. The van der Waals surface area contributed by atoms with Crippen molar-refractivity contribution in [2.75, 3.05) is 51.3 Å². The Labute approximate surface area is 236 Å². The maximum atomic E-state index is 13.2. The zero-order chi connectivity index (χ0) is 28.1. The first-order valence-corrected chi connectivity index (χ1v) is 15.0. The molecule has 1 aromatic rings. The number of urea groups is 1. The third-order valence-electron chi connectivity index (χ3n) is 9.02. The van der Waals surface area contributed by atoms with E-state index in [2.05, 4.69) is 20.4 Å². The number of anilines is 1. The molecule has 1 atom stereocenters. The van der Waals surface area contributed by atoms with Crippen LogP contribution >= 0.6 is 0 Å². The average molecular weight is 554 g/mol. The minimum atomic E-state index is -0.515. The lowest BCUT2D eigenvalue weighted by Crippen LogP contribution is -2.50. The van der Waals surface area contributed by atoms with Crippen molar-refractivity contribution < 1.29 is 23.9 Å². The molecule has 5 amide bonds. The fourth-order valence-corrected chi connectivity index (χ4v) is 6.75. The summed E-state index contributed by atoms with van der Waals surface area (Å²) in [5.74, 6) is 1.19. The smallest absolute Gasteiger partial charge is 0.328 e. The van der Waals surface area contributed by atoms with E-state index in [0.717, 1.165) is 71.2 Å². The molecule has 5 rings (SSSR count). The molecule has 3 heterocycles. The van der Waals surface area contributed by atoms with Gasteiger partial charge in [-0.2, -0.15) is 0 Å². The van der Waals surface area contributed by atoms with Crippen LogP contribution in [0.4, 0.5) is 10.5 Å². The van der Waals surface area contributed by atoms with Crippen molar-refractivity contribution in [3.8, 4) is 5.75 Å². The molecule has 10 nitrogen and oxygen atoms in total. The number of hydrogen-bond donors (Lipinski definition) is 2. The predicted molar refractivity (Wildman–Crippen MR) is 151 cm³/mol. The molecule has 0 bridgehead atoms. The van der Waals surface area contributed by atoms with Crippen LogP contribution in [-0.2, 0) is 9.59 Å². The fourth-order valence-electron chi connectivity index (χ4n) is 6.75. The van der Waals surface area contributed by atoms with Gasteiger partial charge in [-0.3, -0.25) is 24.6 Å². The highest BCUT2D eigenvalue weighted by molar-refractivity contribution is 6.07. The lowest BCUT2D eigenvalue weighted by molar-refractivity contribution is -0.138. The molecule has 1 aliphatic carbocycles. The van der Waals surface area contributed by atoms with Gasteiger partial charge in [0.2, 0.25) is 11.8 Å². The zero-order valence-electron chi connectivity index (χ0n) is 23.7. The lowest BCUT2D eigenvalue weighted by atomic mass is 9.87. The standard InChI is InChI=1S/C30H43N5O5/c1-40-26-10-9-23(18-25(26)35-17-13-27(36)32-30(35)39)28(37)31-24-8-5-14-33(20-24)19-21-11-15-34(16-12-21)29(38)22-6-3-2-4-7-22/h9-10,18,21-22,24H,2-8,11-17,19-20H2,1H3,(H,31,37)(H,32,36,39)/t24-/m1/s1. The molecule has 0 unspecified atom stereocenters. The van der Waals surface area contributed by atoms with Crippen molar-refractivity contribution in [2.24, 2.45) is 11.8 Å². The normalized spacial score (nSPS) is 23.6. The van der Waals surface area contributed by atoms with Crippen molar-refractivity contribution in [3.05, 3.63) is 23.8 Å². The van der Waals surface area contributed by atoms with E-state index < -0.39 is 6.03 Å². The number of nitrogens with zero attached hydrogens (tertiary/aromatic N) is 3. The van der Waals surface area contributed by atoms with Gasteiger partial charge < -0.3 is 19.9 Å². The Balaban J connectivity index is 1.12. The Bertz CT molecular complexity index is 1100. The molecule has 218 valence electrons. The third kappa shape index (κ3) is 6.77. The molecule has 1 aromatic carbocycles. The van der Waals surface area contributed by atoms with E-state index in [1.54, 1.807) is 18.2 Å². The third-order valence-corrected chi connectivity index (χ3v) is 9.02. The Hall–Kier alpha value is -3.14. The predicted octanol–water partition coefficient (Wildman–Crippen LogP) is 3.15. The van der Waals surface area contributed by atoms with Gasteiger partial charge in [0.05, 0.1) is 12.8 Å². The van der Waals surface area contributed by atoms with Crippen LogP contribution < -0.4 is 20.3 Å². The number of imide groups is 1. The van der Waals surface area contributed by atoms with E-state index in [-0.39, 0.29) is 36.7 Å². The number of piperidine rings is 2. The van der Waals surface area contributed by atoms with Gasteiger partial charge in [0.25, 0.3) is 5.91 Å². The van der Waals surface area contributed by atoms with E-state index in [9.17, 15) is 19.2 Å². The van der Waals surface area contributed by atoms with E-state index in [0.29, 0.717) is 28.8 Å². The number of hydrogen-bond acceptors (Lipinski definition) is 6. The largest absolute Gasteiger partial charge is 0.495 e. The summed E-state index contributed by atoms with van der Waals surface area (Å²) in [6, 6.07) is 4.59. The van der Waals surface area contributed by atoms with Crippen molar-refractivity contribution in [3.63, 3.8) is 0 Å². The number of benzene rings is 1. The summed E-state index contributed by atoms with van der Waals surface area (Å²) in [7, 11) is 1.51. The molecule has 3 aliphatic heterocycles. The fraction of sp³-hybridized carbons (Fsp3) is 0.667. The number of rotatable bonds is 7. The SMILES string of the molecule is COc1ccc(C(=O)N[C@@H]2CCCN(CC3CCN(C(=O)C4CCCCC4)CC3)C2)cc1N1CCC(=O)NC1=O. The van der Waals surface area contributed by atoms with Crippen molar-refractivity contribution in [1.82, 2.24) is 20.4 Å². The Kier molecular flexibility index (Phi) is 9.24. The van der Waals surface area contributed by atoms with Crippen molar-refractivity contribution in [1.29, 1.82) is 0 Å². The van der Waals surface area contributed by atoms with Gasteiger partial charge in [0, 0.05) is 56.7 Å². The monoisotopic (exact) mass is 553 g/mol. The lowest BCUT2D eigenvalue weighted by Gasteiger charge is -2.39. The van der Waals surface area contributed by atoms with E-state index >= 15 is 0 Å². The van der Waals surface area contributed by atoms with E-state index in [1.807, 2.05) is 0 Å². The van der Waals surface area contributed by atoms with Crippen molar-refractivity contribution in [2.45, 2.75) is 70.3 Å². The average Bonchev–Trinajstić information content (AvgIpc) is 2.97. The molecule has 4 fully saturated rings. The topological polar surface area (TPSA) is 111 Å². The molecule has 40 heavy (non-hydrogen) atoms. The van der Waals surface area contributed by atoms with Gasteiger partial charge in [-0.15, -0.1) is 0 Å². The van der Waals surface area contributed by atoms with Crippen LogP contribution in [0.5, 0.6) is 5.75 Å². The van der Waals surface area contributed by atoms with E-state index in [4.69, 9.17) is 4.74 Å². The summed E-state index contributed by atoms with van der Waals surface area (Å²) in [6.45, 7) is 4.83. The van der Waals surface area contributed by atoms with Crippen LogP contribution in [0, 0.1) is 11.8 Å². The van der Waals surface area contributed by atoms with Gasteiger partial charge in [0.1, 0.15) is 5.75 Å². The van der Waals surface area contributed by atoms with Crippen LogP contribution in [-0.4, -0.2) is 86.0 Å². The molecular formula is C30H43N5O5. The van der Waals surface area contributed by atoms with Crippen LogP contribution in [0.15, 0.2) is 18.2 Å². The van der Waals surface area contributed by atoms with Crippen LogP contribution in [0.3, 0.4) is 0 Å². The second-order valence-corrected chi connectivity index (χ2v) is 11.8. The summed E-state index contributed by atoms with van der Waals surface area (Å²) >= 11 is 0. The Morgan fingerprint density at radius 1 is 0.975 bits per heavy atom. The van der Waals surface area contributed by atoms with Gasteiger partial charge in [-0.05, 0) is 69.2 Å². The summed E-state index contributed by atoms with van der Waals surface area (Å²) < 4.78 is 5.43. The number of nitrogens with one attached hydrogen (secondary N) is 2. The molecule has 1 saturated carbocycles. The highest BCUT2D eigenvalue weighted by atomic mass is 16.5. The highest BCUT2D eigenvalue weighted by Crippen LogP contribution is 2.31. The molecule has 10 heteroatoms. The first-order chi connectivity index (χ1) is 19.4. The number of likely N-dealkylation sites (tertiary alicyclic amines) is 2. The number of ether oxygens (including phenoxy) is 1. The molecular weight excluding hydrogens is 510 g/mol. The van der Waals surface area contributed by atoms with Gasteiger partial charge in [-0.25, -0.2) is 4.79 Å². The highest BCUT2D eigenvalue weighted by Gasteiger charge is 2.31. The van der Waals surface area contributed by atoms with E-state index in [1.165, 1.54) is 31.3 Å². The molecule has 3 saturated heterocycles. The maximum absolute atomic E-state index is 13.2. The second-order valence-electron chi connectivity index (χ2n) is 11.8. The number of amides is 5. The minimum absolute atomic E-state index is 0.0516. The van der Waals surface area contributed by atoms with Crippen LogP contribution in [0.2, 0.25) is 0 Å². The molecule has 0 spiro atoms. The first-order valence-electron chi connectivity index (χ1n) is 15.0. The van der Waals surface area contributed by atoms with Crippen LogP contribution in [0.1, 0.15) is 74.6 Å². The molecule has 0 radical (unpaired) electrons. The van der Waals surface area contributed by atoms with Gasteiger partial charge >= 0.3 is 6.03 Å². The van der Waals surface area contributed by atoms with Gasteiger partial charge in [-0.1, -0.05) is 19.3 Å². The van der Waals surface area contributed by atoms with Gasteiger partial charge in [0.15, 0.2) is 0 Å². The molecule has 4 aliphatic rings. The summed E-state index contributed by atoms with van der Waals surface area (Å²) in [5, 5.41) is 5.52.